The monoisotopic (exact) mass is 333 g/mol. The lowest BCUT2D eigenvalue weighted by Crippen LogP contribution is -2.28. The van der Waals surface area contributed by atoms with Crippen molar-refractivity contribution in [3.8, 4) is 5.75 Å². The molecule has 1 N–H and O–H groups in total. The molecule has 1 aromatic rings. The lowest BCUT2D eigenvalue weighted by molar-refractivity contribution is -0.141. The SMILES string of the molecule is O=C(O)C1CCN(C(=O)C=CC2=Cc3cc(Cl)ccc3OC2)C1. The van der Waals surface area contributed by atoms with E-state index in [9.17, 15) is 9.59 Å². The number of benzene rings is 1. The number of hydrogen-bond donors (Lipinski definition) is 1. The van der Waals surface area contributed by atoms with Gasteiger partial charge >= 0.3 is 5.97 Å². The first-order valence-corrected chi connectivity index (χ1v) is 7.73. The summed E-state index contributed by atoms with van der Waals surface area (Å²) in [5.41, 5.74) is 1.74. The Balaban J connectivity index is 1.66. The van der Waals surface area contributed by atoms with Crippen molar-refractivity contribution >= 4 is 29.6 Å². The van der Waals surface area contributed by atoms with Gasteiger partial charge < -0.3 is 14.7 Å². The van der Waals surface area contributed by atoms with Gasteiger partial charge in [-0.15, -0.1) is 0 Å². The first-order chi connectivity index (χ1) is 11.0. The summed E-state index contributed by atoms with van der Waals surface area (Å²) in [6.45, 7) is 1.14. The summed E-state index contributed by atoms with van der Waals surface area (Å²) in [5, 5.41) is 9.60. The molecule has 2 aliphatic heterocycles. The van der Waals surface area contributed by atoms with Gasteiger partial charge in [0.1, 0.15) is 12.4 Å². The normalized spacial score (nSPS) is 20.1. The minimum atomic E-state index is -0.846. The molecule has 0 bridgehead atoms. The van der Waals surface area contributed by atoms with Crippen molar-refractivity contribution in [1.29, 1.82) is 0 Å². The fourth-order valence-corrected chi connectivity index (χ4v) is 2.89. The quantitative estimate of drug-likeness (QED) is 0.863. The summed E-state index contributed by atoms with van der Waals surface area (Å²) < 4.78 is 5.62. The molecule has 1 saturated heterocycles. The number of amides is 1. The molecular weight excluding hydrogens is 318 g/mol. The fourth-order valence-electron chi connectivity index (χ4n) is 2.71. The van der Waals surface area contributed by atoms with E-state index in [0.717, 1.165) is 16.9 Å². The molecule has 2 aliphatic rings. The Labute approximate surface area is 138 Å². The van der Waals surface area contributed by atoms with Gasteiger partial charge in [-0.2, -0.15) is 0 Å². The van der Waals surface area contributed by atoms with Crippen molar-refractivity contribution < 1.29 is 19.4 Å². The molecule has 1 amide bonds. The first kappa shape index (κ1) is 15.6. The van der Waals surface area contributed by atoms with Crippen LogP contribution < -0.4 is 4.74 Å². The Morgan fingerprint density at radius 3 is 2.96 bits per heavy atom. The van der Waals surface area contributed by atoms with Gasteiger partial charge in [0.05, 0.1) is 5.92 Å². The van der Waals surface area contributed by atoms with Gasteiger partial charge in [0.2, 0.25) is 5.91 Å². The van der Waals surface area contributed by atoms with Gasteiger partial charge in [-0.3, -0.25) is 9.59 Å². The van der Waals surface area contributed by atoms with Crippen LogP contribution in [-0.2, 0) is 9.59 Å². The number of carbonyl (C=O) groups excluding carboxylic acids is 1. The highest BCUT2D eigenvalue weighted by atomic mass is 35.5. The van der Waals surface area contributed by atoms with Crippen molar-refractivity contribution in [1.82, 2.24) is 4.90 Å². The predicted molar refractivity (Wildman–Crippen MR) is 86.4 cm³/mol. The van der Waals surface area contributed by atoms with Crippen molar-refractivity contribution in [2.24, 2.45) is 5.92 Å². The number of carboxylic acids is 1. The average Bonchev–Trinajstić information content (AvgIpc) is 3.02. The zero-order valence-corrected chi connectivity index (χ0v) is 13.1. The second-order valence-electron chi connectivity index (χ2n) is 5.63. The molecule has 0 radical (unpaired) electrons. The number of rotatable bonds is 3. The van der Waals surface area contributed by atoms with E-state index in [-0.39, 0.29) is 12.5 Å². The van der Waals surface area contributed by atoms with Gasteiger partial charge in [0.15, 0.2) is 0 Å². The highest BCUT2D eigenvalue weighted by molar-refractivity contribution is 6.30. The molecule has 0 aliphatic carbocycles. The predicted octanol–water partition coefficient (Wildman–Crippen LogP) is 2.61. The standard InChI is InChI=1S/C17H16ClNO4/c18-14-2-3-15-13(8-14)7-11(10-23-15)1-4-16(20)19-6-5-12(9-19)17(21)22/h1-4,7-8,12H,5-6,9-10H2,(H,21,22). The van der Waals surface area contributed by atoms with Gasteiger partial charge in [-0.1, -0.05) is 17.7 Å². The number of fused-ring (bicyclic) bond motifs is 1. The Kier molecular flexibility index (Phi) is 4.39. The third kappa shape index (κ3) is 3.56. The molecule has 1 atom stereocenters. The van der Waals surface area contributed by atoms with E-state index in [1.54, 1.807) is 17.0 Å². The van der Waals surface area contributed by atoms with Crippen LogP contribution in [0.15, 0.2) is 35.9 Å². The van der Waals surface area contributed by atoms with E-state index < -0.39 is 11.9 Å². The second kappa shape index (κ2) is 6.46. The minimum Gasteiger partial charge on any atom is -0.488 e. The number of hydrogen-bond acceptors (Lipinski definition) is 3. The molecular formula is C17H16ClNO4. The first-order valence-electron chi connectivity index (χ1n) is 7.35. The summed E-state index contributed by atoms with van der Waals surface area (Å²) in [5.74, 6) is -0.715. The molecule has 0 aromatic heterocycles. The molecule has 5 nitrogen and oxygen atoms in total. The van der Waals surface area contributed by atoms with Gasteiger partial charge in [-0.05, 0) is 36.3 Å². The van der Waals surface area contributed by atoms with Crippen LogP contribution in [-0.4, -0.2) is 41.6 Å². The van der Waals surface area contributed by atoms with E-state index >= 15 is 0 Å². The average molecular weight is 334 g/mol. The zero-order valence-electron chi connectivity index (χ0n) is 12.4. The van der Waals surface area contributed by atoms with Crippen LogP contribution in [0.5, 0.6) is 5.75 Å². The topological polar surface area (TPSA) is 66.8 Å². The molecule has 2 heterocycles. The molecule has 3 rings (SSSR count). The van der Waals surface area contributed by atoms with Crippen LogP contribution in [0.4, 0.5) is 0 Å². The maximum Gasteiger partial charge on any atom is 0.308 e. The molecule has 1 fully saturated rings. The van der Waals surface area contributed by atoms with Crippen LogP contribution in [0.25, 0.3) is 6.08 Å². The minimum absolute atomic E-state index is 0.174. The van der Waals surface area contributed by atoms with Gasteiger partial charge in [0, 0.05) is 29.8 Å². The number of carboxylic acid groups (broad SMARTS) is 1. The summed E-state index contributed by atoms with van der Waals surface area (Å²) in [4.78, 5) is 24.6. The Bertz CT molecular complexity index is 711. The fraction of sp³-hybridized carbons (Fsp3) is 0.294. The summed E-state index contributed by atoms with van der Waals surface area (Å²) in [6.07, 6.45) is 5.61. The van der Waals surface area contributed by atoms with E-state index in [4.69, 9.17) is 21.4 Å². The number of likely N-dealkylation sites (tertiary alicyclic amines) is 1. The zero-order chi connectivity index (χ0) is 16.4. The Morgan fingerprint density at radius 1 is 1.39 bits per heavy atom. The number of aliphatic carboxylic acids is 1. The van der Waals surface area contributed by atoms with Crippen LogP contribution in [0.3, 0.4) is 0 Å². The molecule has 23 heavy (non-hydrogen) atoms. The van der Waals surface area contributed by atoms with E-state index in [2.05, 4.69) is 0 Å². The molecule has 0 saturated carbocycles. The third-order valence-corrected chi connectivity index (χ3v) is 4.23. The van der Waals surface area contributed by atoms with E-state index in [0.29, 0.717) is 24.6 Å². The van der Waals surface area contributed by atoms with Crippen molar-refractivity contribution in [3.05, 3.63) is 46.5 Å². The molecule has 6 heteroatoms. The maximum absolute atomic E-state index is 12.1. The summed E-state index contributed by atoms with van der Waals surface area (Å²) in [7, 11) is 0. The number of halogens is 1. The largest absolute Gasteiger partial charge is 0.488 e. The maximum atomic E-state index is 12.1. The molecule has 1 aromatic carbocycles. The van der Waals surface area contributed by atoms with E-state index in [1.165, 1.54) is 6.08 Å². The second-order valence-corrected chi connectivity index (χ2v) is 6.07. The number of ether oxygens (including phenoxy) is 1. The Morgan fingerprint density at radius 2 is 2.22 bits per heavy atom. The van der Waals surface area contributed by atoms with Crippen LogP contribution in [0, 0.1) is 5.92 Å². The smallest absolute Gasteiger partial charge is 0.308 e. The van der Waals surface area contributed by atoms with Crippen LogP contribution >= 0.6 is 11.6 Å². The molecule has 120 valence electrons. The highest BCUT2D eigenvalue weighted by Crippen LogP contribution is 2.29. The molecule has 0 spiro atoms. The summed E-state index contributed by atoms with van der Waals surface area (Å²) in [6, 6.07) is 5.39. The van der Waals surface area contributed by atoms with Gasteiger partial charge in [-0.25, -0.2) is 0 Å². The van der Waals surface area contributed by atoms with E-state index in [1.807, 2.05) is 18.2 Å². The Hall–Kier alpha value is -2.27. The van der Waals surface area contributed by atoms with Crippen LogP contribution in [0.2, 0.25) is 5.02 Å². The van der Waals surface area contributed by atoms with Crippen molar-refractivity contribution in [2.45, 2.75) is 6.42 Å². The van der Waals surface area contributed by atoms with Gasteiger partial charge in [0.25, 0.3) is 0 Å². The number of nitrogens with zero attached hydrogens (tertiary/aromatic N) is 1. The van der Waals surface area contributed by atoms with Crippen molar-refractivity contribution in [3.63, 3.8) is 0 Å². The van der Waals surface area contributed by atoms with Crippen molar-refractivity contribution in [2.75, 3.05) is 19.7 Å². The van der Waals surface area contributed by atoms with Crippen LogP contribution in [0.1, 0.15) is 12.0 Å². The number of carbonyl (C=O) groups is 2. The lowest BCUT2D eigenvalue weighted by Gasteiger charge is -2.17. The third-order valence-electron chi connectivity index (χ3n) is 4.00. The summed E-state index contributed by atoms with van der Waals surface area (Å²) >= 11 is 5.97. The lowest BCUT2D eigenvalue weighted by atomic mass is 10.1. The highest BCUT2D eigenvalue weighted by Gasteiger charge is 2.29. The molecule has 1 unspecified atom stereocenters.